The molecule has 0 unspecified atom stereocenters. The average molecular weight is 469 g/mol. The molecule has 0 saturated carbocycles. The number of nitrogens with two attached hydrogens (primary N) is 1. The molecule has 0 atom stereocenters. The zero-order valence-electron chi connectivity index (χ0n) is 18.7. The van der Waals surface area contributed by atoms with Gasteiger partial charge in [-0.25, -0.2) is 4.79 Å². The Bertz CT molecular complexity index is 1190. The number of thioether (sulfide) groups is 1. The van der Waals surface area contributed by atoms with Crippen LogP contribution in [0.2, 0.25) is 0 Å². The van der Waals surface area contributed by atoms with Crippen LogP contribution in [0.5, 0.6) is 0 Å². The summed E-state index contributed by atoms with van der Waals surface area (Å²) >= 11 is 1.38. The molecule has 0 aliphatic carbocycles. The second kappa shape index (κ2) is 11.5. The van der Waals surface area contributed by atoms with Crippen molar-refractivity contribution in [2.24, 2.45) is 0 Å². The number of aromatic nitrogens is 2. The number of rotatable bonds is 10. The zero-order chi connectivity index (χ0) is 23.8. The van der Waals surface area contributed by atoms with Crippen molar-refractivity contribution in [3.05, 3.63) is 86.6 Å². The minimum Gasteiger partial charge on any atom is -0.385 e. The Hall–Kier alpha value is -3.30. The number of nitrogens with one attached hydrogen (secondary N) is 1. The van der Waals surface area contributed by atoms with Crippen molar-refractivity contribution >= 4 is 29.2 Å². The third kappa shape index (κ3) is 6.36. The Kier molecular flexibility index (Phi) is 8.51. The molecule has 0 radical (unpaired) electrons. The number of hydrogen-bond donors (Lipinski definition) is 2. The summed E-state index contributed by atoms with van der Waals surface area (Å²) in [7, 11) is 1.57. The highest BCUT2D eigenvalue weighted by Gasteiger charge is 2.24. The summed E-state index contributed by atoms with van der Waals surface area (Å²) < 4.78 is 6.39. The largest absolute Gasteiger partial charge is 0.385 e. The lowest BCUT2D eigenvalue weighted by atomic mass is 10.2. The first kappa shape index (κ1) is 24.3. The van der Waals surface area contributed by atoms with Crippen molar-refractivity contribution in [2.45, 2.75) is 24.8 Å². The van der Waals surface area contributed by atoms with Crippen molar-refractivity contribution in [3.8, 4) is 0 Å². The molecule has 33 heavy (non-hydrogen) atoms. The van der Waals surface area contributed by atoms with E-state index in [4.69, 9.17) is 10.5 Å². The van der Waals surface area contributed by atoms with Crippen LogP contribution >= 0.6 is 11.8 Å². The van der Waals surface area contributed by atoms with Gasteiger partial charge in [-0.3, -0.25) is 19.1 Å². The first-order valence-electron chi connectivity index (χ1n) is 10.6. The Morgan fingerprint density at radius 3 is 2.48 bits per heavy atom. The third-order valence-corrected chi connectivity index (χ3v) is 6.08. The maximum Gasteiger partial charge on any atom is 0.330 e. The van der Waals surface area contributed by atoms with Crippen LogP contribution < -0.4 is 21.9 Å². The predicted octanol–water partition coefficient (Wildman–Crippen LogP) is 2.64. The second-order valence-electron chi connectivity index (χ2n) is 7.56. The van der Waals surface area contributed by atoms with Crippen LogP contribution in [0.1, 0.15) is 17.5 Å². The summed E-state index contributed by atoms with van der Waals surface area (Å²) in [5, 5.41) is 0. The van der Waals surface area contributed by atoms with Gasteiger partial charge in [0.25, 0.3) is 5.56 Å². The van der Waals surface area contributed by atoms with Gasteiger partial charge in [0, 0.05) is 25.2 Å². The van der Waals surface area contributed by atoms with Crippen molar-refractivity contribution < 1.29 is 9.53 Å². The molecule has 1 amide bonds. The Morgan fingerprint density at radius 1 is 1.12 bits per heavy atom. The monoisotopic (exact) mass is 468 g/mol. The van der Waals surface area contributed by atoms with Crippen LogP contribution in [-0.2, 0) is 16.1 Å². The van der Waals surface area contributed by atoms with E-state index in [0.717, 1.165) is 16.0 Å². The lowest BCUT2D eigenvalue weighted by molar-refractivity contribution is -0.116. The second-order valence-corrected chi connectivity index (χ2v) is 8.61. The van der Waals surface area contributed by atoms with Crippen LogP contribution in [0.3, 0.4) is 0 Å². The fraction of sp³-hybridized carbons (Fsp3) is 0.292. The lowest BCUT2D eigenvalue weighted by Crippen LogP contribution is -2.42. The van der Waals surface area contributed by atoms with E-state index < -0.39 is 11.2 Å². The molecule has 174 valence electrons. The number of benzene rings is 2. The highest BCUT2D eigenvalue weighted by molar-refractivity contribution is 8.00. The Balaban J connectivity index is 1.92. The van der Waals surface area contributed by atoms with Gasteiger partial charge in [0.1, 0.15) is 5.82 Å². The molecule has 0 aliphatic heterocycles. The molecule has 2 aromatic carbocycles. The number of carbonyl (C=O) groups is 1. The van der Waals surface area contributed by atoms with Gasteiger partial charge in [-0.2, -0.15) is 0 Å². The maximum atomic E-state index is 13.2. The number of H-pyrrole nitrogens is 1. The van der Waals surface area contributed by atoms with E-state index in [9.17, 15) is 14.4 Å². The van der Waals surface area contributed by atoms with Crippen molar-refractivity contribution in [3.63, 3.8) is 0 Å². The normalized spacial score (nSPS) is 10.8. The van der Waals surface area contributed by atoms with Crippen LogP contribution in [0.25, 0.3) is 0 Å². The number of methoxy groups -OCH3 is 1. The quantitative estimate of drug-likeness (QED) is 0.350. The maximum absolute atomic E-state index is 13.2. The third-order valence-electron chi connectivity index (χ3n) is 5.08. The number of amides is 1. The van der Waals surface area contributed by atoms with Gasteiger partial charge in [0.2, 0.25) is 5.91 Å². The smallest absolute Gasteiger partial charge is 0.330 e. The van der Waals surface area contributed by atoms with Crippen LogP contribution in [0.4, 0.5) is 11.5 Å². The van der Waals surface area contributed by atoms with Crippen molar-refractivity contribution in [1.82, 2.24) is 9.55 Å². The standard InChI is InChI=1S/C24H28N4O4S/c1-17-9-11-19(12-10-17)33-16-20(29)27(13-6-14-32-2)21-22(25)28(24(31)26-23(21)30)15-18-7-4-3-5-8-18/h3-5,7-12H,6,13-16,25H2,1-2H3,(H,26,30,31). The molecule has 8 nitrogen and oxygen atoms in total. The molecule has 0 bridgehead atoms. The van der Waals surface area contributed by atoms with Gasteiger partial charge in [-0.05, 0) is 31.0 Å². The van der Waals surface area contributed by atoms with E-state index in [-0.39, 0.29) is 36.3 Å². The van der Waals surface area contributed by atoms with Crippen LogP contribution in [0.15, 0.2) is 69.1 Å². The molecule has 3 aromatic rings. The van der Waals surface area contributed by atoms with Gasteiger partial charge < -0.3 is 15.4 Å². The van der Waals surface area contributed by atoms with Gasteiger partial charge in [0.05, 0.1) is 12.3 Å². The van der Waals surface area contributed by atoms with Gasteiger partial charge in [-0.1, -0.05) is 48.0 Å². The highest BCUT2D eigenvalue weighted by atomic mass is 32.2. The average Bonchev–Trinajstić information content (AvgIpc) is 2.81. The first-order valence-corrected chi connectivity index (χ1v) is 11.5. The van der Waals surface area contributed by atoms with Gasteiger partial charge in [0.15, 0.2) is 5.69 Å². The summed E-state index contributed by atoms with van der Waals surface area (Å²) in [5.41, 5.74) is 6.96. The summed E-state index contributed by atoms with van der Waals surface area (Å²) in [6, 6.07) is 17.1. The molecule has 0 saturated heterocycles. The van der Waals surface area contributed by atoms with Crippen LogP contribution in [-0.4, -0.2) is 41.5 Å². The Labute approximate surface area is 196 Å². The van der Waals surface area contributed by atoms with Gasteiger partial charge in [-0.15, -0.1) is 11.8 Å². The molecular weight excluding hydrogens is 440 g/mol. The minimum atomic E-state index is -0.687. The van der Waals surface area contributed by atoms with E-state index in [2.05, 4.69) is 4.98 Å². The molecule has 1 aromatic heterocycles. The zero-order valence-corrected chi connectivity index (χ0v) is 19.6. The van der Waals surface area contributed by atoms with E-state index in [1.807, 2.05) is 61.5 Å². The highest BCUT2D eigenvalue weighted by Crippen LogP contribution is 2.23. The van der Waals surface area contributed by atoms with Crippen LogP contribution in [0, 0.1) is 6.92 Å². The van der Waals surface area contributed by atoms with E-state index >= 15 is 0 Å². The fourth-order valence-corrected chi connectivity index (χ4v) is 4.12. The first-order chi connectivity index (χ1) is 15.9. The molecule has 0 fully saturated rings. The fourth-order valence-electron chi connectivity index (χ4n) is 3.35. The number of nitrogens with zero attached hydrogens (tertiary/aromatic N) is 2. The van der Waals surface area contributed by atoms with E-state index in [0.29, 0.717) is 13.0 Å². The van der Waals surface area contributed by atoms with Crippen molar-refractivity contribution in [1.29, 1.82) is 0 Å². The number of nitrogen functional groups attached to an aromatic ring is 1. The molecule has 9 heteroatoms. The van der Waals surface area contributed by atoms with E-state index in [1.165, 1.54) is 21.2 Å². The SMILES string of the molecule is COCCCN(C(=O)CSc1ccc(C)cc1)c1c(N)n(Cc2ccccc2)c(=O)[nH]c1=O. The predicted molar refractivity (Wildman–Crippen MR) is 132 cm³/mol. The van der Waals surface area contributed by atoms with E-state index in [1.54, 1.807) is 7.11 Å². The summed E-state index contributed by atoms with van der Waals surface area (Å²) in [4.78, 5) is 43.1. The number of aromatic amines is 1. The summed E-state index contributed by atoms with van der Waals surface area (Å²) in [6.07, 6.45) is 0.508. The summed E-state index contributed by atoms with van der Waals surface area (Å²) in [6.45, 7) is 2.82. The number of carbonyl (C=O) groups excluding carboxylic acids is 1. The number of hydrogen-bond acceptors (Lipinski definition) is 6. The lowest BCUT2D eigenvalue weighted by Gasteiger charge is -2.24. The minimum absolute atomic E-state index is 0.0175. The summed E-state index contributed by atoms with van der Waals surface area (Å²) in [5.74, 6) is -0.204. The topological polar surface area (TPSA) is 110 Å². The molecular formula is C24H28N4O4S. The molecule has 3 rings (SSSR count). The number of ether oxygens (including phenoxy) is 1. The van der Waals surface area contributed by atoms with Crippen molar-refractivity contribution in [2.75, 3.05) is 36.6 Å². The molecule has 0 aliphatic rings. The molecule has 0 spiro atoms. The molecule has 3 N–H and O–H groups in total. The van der Waals surface area contributed by atoms with Gasteiger partial charge >= 0.3 is 5.69 Å². The number of anilines is 2. The Morgan fingerprint density at radius 2 is 1.82 bits per heavy atom. The molecule has 1 heterocycles. The number of aryl methyl sites for hydroxylation is 1.